The summed E-state index contributed by atoms with van der Waals surface area (Å²) >= 11 is 0. The van der Waals surface area contributed by atoms with Gasteiger partial charge in [0.2, 0.25) is 0 Å². The van der Waals surface area contributed by atoms with E-state index in [1.807, 2.05) is 0 Å². The van der Waals surface area contributed by atoms with E-state index < -0.39 is 6.10 Å². The number of ether oxygens (including phenoxy) is 2. The molecule has 1 unspecified atom stereocenters. The summed E-state index contributed by atoms with van der Waals surface area (Å²) in [5, 5.41) is 9.58. The summed E-state index contributed by atoms with van der Waals surface area (Å²) in [5.74, 6) is -0.259. The molecule has 0 fully saturated rings. The molecule has 1 N–H and O–H groups in total. The summed E-state index contributed by atoms with van der Waals surface area (Å²) in [7, 11) is 0. The summed E-state index contributed by atoms with van der Waals surface area (Å²) in [4.78, 5) is 12.2. The molecule has 50 heavy (non-hydrogen) atoms. The molecule has 0 saturated heterocycles. The van der Waals surface area contributed by atoms with Crippen LogP contribution in [0.2, 0.25) is 0 Å². The van der Waals surface area contributed by atoms with Crippen molar-refractivity contribution in [1.29, 1.82) is 0 Å². The zero-order chi connectivity index (χ0) is 36.3. The number of aliphatic hydroxyl groups is 1. The lowest BCUT2D eigenvalue weighted by Gasteiger charge is -2.15. The Labute approximate surface area is 310 Å². The van der Waals surface area contributed by atoms with E-state index in [4.69, 9.17) is 9.47 Å². The fraction of sp³-hybridized carbons (Fsp3) is 0.674. The van der Waals surface area contributed by atoms with Crippen molar-refractivity contribution in [3.05, 3.63) is 85.1 Å². The van der Waals surface area contributed by atoms with E-state index >= 15 is 0 Å². The molecule has 0 heterocycles. The fourth-order valence-corrected chi connectivity index (χ4v) is 5.43. The molecule has 0 aromatic carbocycles. The SMILES string of the molecule is CC/C=C\C/C=C\C/C=C\C/C=C\C/C=C\C/C=C\C/C=C\CCCC(=O)OC(CO)COCCCCCCCCCCCCCCCCC. The fourth-order valence-electron chi connectivity index (χ4n) is 5.43. The Kier molecular flexibility index (Phi) is 40.7. The quantitative estimate of drug-likeness (QED) is 0.0399. The second kappa shape index (κ2) is 42.7. The molecule has 0 aliphatic rings. The van der Waals surface area contributed by atoms with Crippen LogP contribution in [0.4, 0.5) is 0 Å². The van der Waals surface area contributed by atoms with Gasteiger partial charge in [-0.15, -0.1) is 0 Å². The number of esters is 1. The van der Waals surface area contributed by atoms with Gasteiger partial charge in [0.05, 0.1) is 13.2 Å². The highest BCUT2D eigenvalue weighted by atomic mass is 16.6. The molecule has 4 heteroatoms. The summed E-state index contributed by atoms with van der Waals surface area (Å²) < 4.78 is 11.1. The molecule has 0 radical (unpaired) electrons. The normalized spacial score (nSPS) is 13.3. The van der Waals surface area contributed by atoms with Crippen LogP contribution >= 0.6 is 0 Å². The molecule has 0 spiro atoms. The molecule has 4 nitrogen and oxygen atoms in total. The van der Waals surface area contributed by atoms with E-state index in [9.17, 15) is 9.90 Å². The highest BCUT2D eigenvalue weighted by Crippen LogP contribution is 2.13. The van der Waals surface area contributed by atoms with Gasteiger partial charge in [0, 0.05) is 13.0 Å². The van der Waals surface area contributed by atoms with Crippen molar-refractivity contribution < 1.29 is 19.4 Å². The zero-order valence-electron chi connectivity index (χ0n) is 32.6. The van der Waals surface area contributed by atoms with Gasteiger partial charge < -0.3 is 14.6 Å². The van der Waals surface area contributed by atoms with Gasteiger partial charge in [0.25, 0.3) is 0 Å². The van der Waals surface area contributed by atoms with E-state index in [2.05, 4.69) is 98.9 Å². The van der Waals surface area contributed by atoms with Crippen molar-refractivity contribution in [2.24, 2.45) is 0 Å². The van der Waals surface area contributed by atoms with Crippen LogP contribution in [0.15, 0.2) is 85.1 Å². The van der Waals surface area contributed by atoms with Gasteiger partial charge in [0.15, 0.2) is 0 Å². The van der Waals surface area contributed by atoms with Crippen molar-refractivity contribution in [3.63, 3.8) is 0 Å². The van der Waals surface area contributed by atoms with E-state index in [0.717, 1.165) is 64.2 Å². The molecular weight excluding hydrogens is 617 g/mol. The van der Waals surface area contributed by atoms with Crippen molar-refractivity contribution >= 4 is 5.97 Å². The minimum Gasteiger partial charge on any atom is -0.457 e. The van der Waals surface area contributed by atoms with Crippen LogP contribution in [0, 0.1) is 0 Å². The molecule has 0 amide bonds. The van der Waals surface area contributed by atoms with Gasteiger partial charge in [-0.3, -0.25) is 4.79 Å². The molecule has 0 aromatic rings. The minimum absolute atomic E-state index is 0.198. The number of allylic oxidation sites excluding steroid dienone is 14. The number of rotatable bonds is 37. The number of hydrogen-bond donors (Lipinski definition) is 1. The van der Waals surface area contributed by atoms with Gasteiger partial charge in [-0.05, 0) is 64.2 Å². The van der Waals surface area contributed by atoms with Crippen LogP contribution in [0.5, 0.6) is 0 Å². The van der Waals surface area contributed by atoms with Gasteiger partial charge >= 0.3 is 5.97 Å². The molecule has 286 valence electrons. The molecule has 0 saturated carbocycles. The second-order valence-corrected chi connectivity index (χ2v) is 13.3. The van der Waals surface area contributed by atoms with Crippen LogP contribution in [0.3, 0.4) is 0 Å². The van der Waals surface area contributed by atoms with E-state index in [1.54, 1.807) is 0 Å². The molecule has 0 aliphatic heterocycles. The smallest absolute Gasteiger partial charge is 0.306 e. The van der Waals surface area contributed by atoms with E-state index in [1.165, 1.54) is 89.9 Å². The molecular formula is C46H78O4. The summed E-state index contributed by atoms with van der Waals surface area (Å²) in [6.45, 7) is 5.17. The monoisotopic (exact) mass is 695 g/mol. The Morgan fingerprint density at radius 2 is 0.880 bits per heavy atom. The van der Waals surface area contributed by atoms with Gasteiger partial charge in [-0.1, -0.05) is 189 Å². The first-order chi connectivity index (χ1) is 24.7. The Hall–Kier alpha value is -2.43. The van der Waals surface area contributed by atoms with E-state index in [0.29, 0.717) is 13.0 Å². The third-order valence-corrected chi connectivity index (χ3v) is 8.48. The number of aliphatic hydroxyl groups excluding tert-OH is 1. The number of hydrogen-bond acceptors (Lipinski definition) is 4. The van der Waals surface area contributed by atoms with Crippen LogP contribution in [-0.2, 0) is 14.3 Å². The Morgan fingerprint density at radius 1 is 0.500 bits per heavy atom. The Bertz CT molecular complexity index is 907. The number of carbonyl (C=O) groups excluding carboxylic acids is 1. The van der Waals surface area contributed by atoms with Crippen LogP contribution in [-0.4, -0.2) is 37.0 Å². The maximum Gasteiger partial charge on any atom is 0.306 e. The van der Waals surface area contributed by atoms with Crippen molar-refractivity contribution in [2.75, 3.05) is 19.8 Å². The van der Waals surface area contributed by atoms with Gasteiger partial charge in [-0.2, -0.15) is 0 Å². The standard InChI is InChI=1S/C46H78O4/c1-3-5-7-9-11-13-15-17-19-20-21-22-23-24-25-26-27-29-31-33-35-37-39-41-46(48)50-45(43-47)44-49-42-40-38-36-34-32-30-28-18-16-14-12-10-8-6-4-2/h5,7,11,13,17,19,21-22,24-25,27,29,33,35,45,47H,3-4,6,8-10,12,14-16,18,20,23,26,28,30-32,34,36-44H2,1-2H3/b7-5-,13-11-,19-17-,22-21-,25-24-,29-27-,35-33-. The number of carbonyl (C=O) groups is 1. The molecule has 0 aromatic heterocycles. The Balaban J connectivity index is 3.60. The van der Waals surface area contributed by atoms with Gasteiger partial charge in [-0.25, -0.2) is 0 Å². The summed E-state index contributed by atoms with van der Waals surface area (Å²) in [6, 6.07) is 0. The minimum atomic E-state index is -0.567. The maximum absolute atomic E-state index is 12.2. The van der Waals surface area contributed by atoms with Crippen LogP contribution < -0.4 is 0 Å². The summed E-state index contributed by atoms with van der Waals surface area (Å²) in [6.07, 6.45) is 59.2. The Morgan fingerprint density at radius 3 is 1.28 bits per heavy atom. The van der Waals surface area contributed by atoms with Gasteiger partial charge in [0.1, 0.15) is 6.10 Å². The lowest BCUT2D eigenvalue weighted by Crippen LogP contribution is -2.27. The van der Waals surface area contributed by atoms with Crippen LogP contribution in [0.1, 0.15) is 174 Å². The number of unbranched alkanes of at least 4 members (excludes halogenated alkanes) is 15. The zero-order valence-corrected chi connectivity index (χ0v) is 32.6. The van der Waals surface area contributed by atoms with Crippen LogP contribution in [0.25, 0.3) is 0 Å². The lowest BCUT2D eigenvalue weighted by molar-refractivity contribution is -0.154. The predicted molar refractivity (Wildman–Crippen MR) is 219 cm³/mol. The van der Waals surface area contributed by atoms with Crippen molar-refractivity contribution in [3.8, 4) is 0 Å². The first-order valence-electron chi connectivity index (χ1n) is 20.7. The molecule has 0 bridgehead atoms. The third-order valence-electron chi connectivity index (χ3n) is 8.48. The lowest BCUT2D eigenvalue weighted by atomic mass is 10.0. The first-order valence-corrected chi connectivity index (χ1v) is 20.7. The first kappa shape index (κ1) is 47.6. The highest BCUT2D eigenvalue weighted by Gasteiger charge is 2.13. The van der Waals surface area contributed by atoms with Crippen molar-refractivity contribution in [1.82, 2.24) is 0 Å². The second-order valence-electron chi connectivity index (χ2n) is 13.3. The maximum atomic E-state index is 12.2. The topological polar surface area (TPSA) is 55.8 Å². The highest BCUT2D eigenvalue weighted by molar-refractivity contribution is 5.69. The van der Waals surface area contributed by atoms with E-state index in [-0.39, 0.29) is 19.2 Å². The molecule has 1 atom stereocenters. The summed E-state index contributed by atoms with van der Waals surface area (Å²) in [5.41, 5.74) is 0. The average Bonchev–Trinajstić information content (AvgIpc) is 3.12. The largest absolute Gasteiger partial charge is 0.457 e. The predicted octanol–water partition coefficient (Wildman–Crippen LogP) is 13.6. The van der Waals surface area contributed by atoms with Crippen molar-refractivity contribution in [2.45, 2.75) is 180 Å². The molecule has 0 aliphatic carbocycles. The third kappa shape index (κ3) is 40.0. The average molecular weight is 695 g/mol. The molecule has 0 rings (SSSR count).